The van der Waals surface area contributed by atoms with E-state index in [2.05, 4.69) is 4.74 Å². The van der Waals surface area contributed by atoms with Crippen LogP contribution in [-0.2, 0) is 29.0 Å². The number of hydrogen-bond acceptors (Lipinski definition) is 7. The molecule has 2 amide bonds. The zero-order valence-corrected chi connectivity index (χ0v) is 11.4. The van der Waals surface area contributed by atoms with Crippen LogP contribution in [0.1, 0.15) is 0 Å². The number of carbonyl (C=O) groups is 3. The third kappa shape index (κ3) is 5.82. The van der Waals surface area contributed by atoms with E-state index in [9.17, 15) is 22.8 Å². The van der Waals surface area contributed by atoms with Gasteiger partial charge in [0.05, 0.1) is 12.9 Å². The number of methoxy groups -OCH3 is 1. The summed E-state index contributed by atoms with van der Waals surface area (Å²) < 4.78 is 26.4. The SMILES string of the molecule is COC(=O)C(=O)NC(CS(C)(=O)=O)C(=O)N(C)C#N. The van der Waals surface area contributed by atoms with Crippen molar-refractivity contribution in [1.82, 2.24) is 10.2 Å². The Bertz CT molecular complexity index is 521. The number of esters is 1. The Morgan fingerprint density at radius 3 is 2.32 bits per heavy atom. The number of sulfone groups is 1. The number of carbonyl (C=O) groups excluding carboxylic acids is 3. The molecule has 19 heavy (non-hydrogen) atoms. The maximum absolute atomic E-state index is 11.7. The lowest BCUT2D eigenvalue weighted by molar-refractivity contribution is -0.153. The highest BCUT2D eigenvalue weighted by molar-refractivity contribution is 7.90. The second kappa shape index (κ2) is 6.69. The fourth-order valence-electron chi connectivity index (χ4n) is 1.07. The van der Waals surface area contributed by atoms with E-state index in [0.29, 0.717) is 4.90 Å². The van der Waals surface area contributed by atoms with Crippen molar-refractivity contribution < 1.29 is 27.5 Å². The summed E-state index contributed by atoms with van der Waals surface area (Å²) in [6, 6.07) is -1.54. The minimum atomic E-state index is -3.61. The van der Waals surface area contributed by atoms with Crippen LogP contribution in [0.4, 0.5) is 0 Å². The van der Waals surface area contributed by atoms with Gasteiger partial charge in [-0.1, -0.05) is 0 Å². The van der Waals surface area contributed by atoms with E-state index in [-0.39, 0.29) is 0 Å². The normalized spacial score (nSPS) is 11.9. The quantitative estimate of drug-likeness (QED) is 0.265. The van der Waals surface area contributed by atoms with Gasteiger partial charge >= 0.3 is 11.9 Å². The van der Waals surface area contributed by atoms with Crippen LogP contribution in [0.5, 0.6) is 0 Å². The number of hydrogen-bond donors (Lipinski definition) is 1. The third-order valence-corrected chi connectivity index (χ3v) is 2.86. The monoisotopic (exact) mass is 291 g/mol. The average Bonchev–Trinajstić information content (AvgIpc) is 2.33. The smallest absolute Gasteiger partial charge is 0.396 e. The van der Waals surface area contributed by atoms with Gasteiger partial charge in [-0.3, -0.25) is 14.5 Å². The summed E-state index contributed by atoms with van der Waals surface area (Å²) in [7, 11) is -1.56. The van der Waals surface area contributed by atoms with Crippen LogP contribution < -0.4 is 5.32 Å². The number of likely N-dealkylation sites (N-methyl/N-ethyl adjacent to an activating group) is 1. The van der Waals surface area contributed by atoms with Crippen molar-refractivity contribution >= 4 is 27.6 Å². The van der Waals surface area contributed by atoms with Gasteiger partial charge < -0.3 is 10.1 Å². The Labute approximate surface area is 110 Å². The van der Waals surface area contributed by atoms with Gasteiger partial charge in [-0.05, 0) is 0 Å². The van der Waals surface area contributed by atoms with Crippen LogP contribution >= 0.6 is 0 Å². The van der Waals surface area contributed by atoms with Crippen molar-refractivity contribution in [3.63, 3.8) is 0 Å². The first-order valence-corrected chi connectivity index (χ1v) is 6.92. The molecule has 0 bridgehead atoms. The molecule has 0 rings (SSSR count). The van der Waals surface area contributed by atoms with Gasteiger partial charge in [0, 0.05) is 13.3 Å². The molecule has 1 atom stereocenters. The Kier molecular flexibility index (Phi) is 5.94. The maximum atomic E-state index is 11.7. The van der Waals surface area contributed by atoms with Crippen LogP contribution in [0.15, 0.2) is 0 Å². The van der Waals surface area contributed by atoms with Crippen molar-refractivity contribution in [1.29, 1.82) is 5.26 Å². The molecule has 0 aromatic heterocycles. The lowest BCUT2D eigenvalue weighted by atomic mass is 10.3. The molecule has 0 spiro atoms. The molecule has 0 aromatic carbocycles. The predicted molar refractivity (Wildman–Crippen MR) is 62.0 cm³/mol. The molecule has 0 aliphatic rings. The molecule has 0 aromatic rings. The predicted octanol–water partition coefficient (Wildman–Crippen LogP) is -2.37. The molecular formula is C9H13N3O6S. The van der Waals surface area contributed by atoms with E-state index in [1.807, 2.05) is 5.32 Å². The molecular weight excluding hydrogens is 278 g/mol. The van der Waals surface area contributed by atoms with E-state index in [0.717, 1.165) is 20.4 Å². The number of nitrogens with zero attached hydrogens (tertiary/aromatic N) is 2. The summed E-state index contributed by atoms with van der Waals surface area (Å²) in [6.07, 6.45) is 2.32. The summed E-state index contributed by atoms with van der Waals surface area (Å²) in [5.41, 5.74) is 0. The maximum Gasteiger partial charge on any atom is 0.396 e. The standard InChI is InChI=1S/C9H13N3O6S/c1-12(5-10)8(14)6(4-19(3,16)17)11-7(13)9(15)18-2/h6H,4H2,1-3H3,(H,11,13). The number of amides is 2. The minimum Gasteiger partial charge on any atom is -0.462 e. The Morgan fingerprint density at radius 1 is 1.42 bits per heavy atom. The Morgan fingerprint density at radius 2 is 1.95 bits per heavy atom. The van der Waals surface area contributed by atoms with Gasteiger partial charge in [0.1, 0.15) is 15.9 Å². The average molecular weight is 291 g/mol. The molecule has 0 aliphatic carbocycles. The Balaban J connectivity index is 5.09. The van der Waals surface area contributed by atoms with Gasteiger partial charge in [-0.2, -0.15) is 5.26 Å². The molecule has 1 N–H and O–H groups in total. The van der Waals surface area contributed by atoms with Crippen LogP contribution in [0, 0.1) is 11.5 Å². The molecule has 0 heterocycles. The first kappa shape index (κ1) is 16.9. The van der Waals surface area contributed by atoms with E-state index in [1.54, 1.807) is 0 Å². The van der Waals surface area contributed by atoms with Crippen molar-refractivity contribution in [3.05, 3.63) is 0 Å². The largest absolute Gasteiger partial charge is 0.462 e. The van der Waals surface area contributed by atoms with Crippen LogP contribution in [0.2, 0.25) is 0 Å². The number of ether oxygens (including phenoxy) is 1. The molecule has 0 radical (unpaired) electrons. The zero-order chi connectivity index (χ0) is 15.2. The fourth-order valence-corrected chi connectivity index (χ4v) is 1.90. The molecule has 0 fully saturated rings. The third-order valence-electron chi connectivity index (χ3n) is 1.92. The summed E-state index contributed by atoms with van der Waals surface area (Å²) >= 11 is 0. The van der Waals surface area contributed by atoms with Crippen molar-refractivity contribution in [2.24, 2.45) is 0 Å². The summed E-state index contributed by atoms with van der Waals surface area (Å²) in [6.45, 7) is 0. The van der Waals surface area contributed by atoms with Crippen molar-refractivity contribution in [2.45, 2.75) is 6.04 Å². The first-order valence-electron chi connectivity index (χ1n) is 4.86. The molecule has 1 unspecified atom stereocenters. The molecule has 10 heteroatoms. The van der Waals surface area contributed by atoms with Crippen molar-refractivity contribution in [3.8, 4) is 6.19 Å². The zero-order valence-electron chi connectivity index (χ0n) is 10.5. The van der Waals surface area contributed by atoms with Crippen LogP contribution in [0.3, 0.4) is 0 Å². The molecule has 106 valence electrons. The lowest BCUT2D eigenvalue weighted by Crippen LogP contribution is -2.51. The number of nitrogens with one attached hydrogen (secondary N) is 1. The second-order valence-electron chi connectivity index (χ2n) is 3.61. The van der Waals surface area contributed by atoms with E-state index >= 15 is 0 Å². The van der Waals surface area contributed by atoms with Gasteiger partial charge in [0.25, 0.3) is 5.91 Å². The van der Waals surface area contributed by atoms with E-state index in [1.165, 1.54) is 6.19 Å². The lowest BCUT2D eigenvalue weighted by Gasteiger charge is -2.18. The summed E-state index contributed by atoms with van der Waals surface area (Å²) in [5, 5.41) is 10.4. The van der Waals surface area contributed by atoms with Gasteiger partial charge in [-0.25, -0.2) is 13.2 Å². The highest BCUT2D eigenvalue weighted by Gasteiger charge is 2.30. The number of rotatable bonds is 4. The highest BCUT2D eigenvalue weighted by atomic mass is 32.2. The molecule has 0 saturated heterocycles. The minimum absolute atomic E-state index is 0.549. The van der Waals surface area contributed by atoms with Gasteiger partial charge in [-0.15, -0.1) is 0 Å². The van der Waals surface area contributed by atoms with Gasteiger partial charge in [0.15, 0.2) is 6.19 Å². The van der Waals surface area contributed by atoms with Crippen LogP contribution in [-0.4, -0.2) is 63.3 Å². The fraction of sp³-hybridized carbons (Fsp3) is 0.556. The first-order chi connectivity index (χ1) is 8.62. The summed E-state index contributed by atoms with van der Waals surface area (Å²) in [4.78, 5) is 34.4. The van der Waals surface area contributed by atoms with Gasteiger partial charge in [0.2, 0.25) is 0 Å². The second-order valence-corrected chi connectivity index (χ2v) is 5.79. The Hall–Kier alpha value is -2.15. The molecule has 9 nitrogen and oxygen atoms in total. The van der Waals surface area contributed by atoms with Crippen molar-refractivity contribution in [2.75, 3.05) is 26.2 Å². The topological polar surface area (TPSA) is 134 Å². The molecule has 0 saturated carbocycles. The number of nitriles is 1. The van der Waals surface area contributed by atoms with Crippen LogP contribution in [0.25, 0.3) is 0 Å². The highest BCUT2D eigenvalue weighted by Crippen LogP contribution is 1.97. The summed E-state index contributed by atoms with van der Waals surface area (Å²) in [5.74, 6) is -4.23. The van der Waals surface area contributed by atoms with E-state index < -0.39 is 39.4 Å². The molecule has 0 aliphatic heterocycles. The van der Waals surface area contributed by atoms with E-state index in [4.69, 9.17) is 5.26 Å².